The van der Waals surface area contributed by atoms with Gasteiger partial charge in [-0.05, 0) is 97.1 Å². The molecule has 2 aromatic heterocycles. The second kappa shape index (κ2) is 27.2. The predicted molar refractivity (Wildman–Crippen MR) is 303 cm³/mol. The van der Waals surface area contributed by atoms with E-state index in [0.717, 1.165) is 78.0 Å². The summed E-state index contributed by atoms with van der Waals surface area (Å²) >= 11 is 23.6. The Morgan fingerprint density at radius 1 is 0.533 bits per heavy atom. The van der Waals surface area contributed by atoms with E-state index in [4.69, 9.17) is 51.5 Å². The van der Waals surface area contributed by atoms with Gasteiger partial charge in [0.15, 0.2) is 0 Å². The maximum absolute atomic E-state index is 12.9. The molecule has 4 aromatic carbocycles. The smallest absolute Gasteiger partial charge is 0.304 e. The number of rotatable bonds is 16. The third-order valence-electron chi connectivity index (χ3n) is 12.6. The van der Waals surface area contributed by atoms with Gasteiger partial charge in [-0.1, -0.05) is 58.5 Å². The van der Waals surface area contributed by atoms with Crippen LogP contribution in [0.5, 0.6) is 0 Å². The van der Waals surface area contributed by atoms with Crippen molar-refractivity contribution in [3.05, 3.63) is 154 Å². The molecular weight excluding hydrogens is 1080 g/mol. The van der Waals surface area contributed by atoms with Gasteiger partial charge in [-0.3, -0.25) is 19.6 Å². The minimum absolute atomic E-state index is 0.00812. The van der Waals surface area contributed by atoms with Crippen LogP contribution in [0, 0.1) is 0 Å². The van der Waals surface area contributed by atoms with Crippen LogP contribution >= 0.6 is 46.4 Å². The van der Waals surface area contributed by atoms with Crippen molar-refractivity contribution in [3.8, 4) is 0 Å². The van der Waals surface area contributed by atoms with E-state index in [1.165, 1.54) is 72.5 Å². The fourth-order valence-corrected chi connectivity index (χ4v) is 11.8. The lowest BCUT2D eigenvalue weighted by molar-refractivity contribution is -0.137. The lowest BCUT2D eigenvalue weighted by Gasteiger charge is -2.37. The van der Waals surface area contributed by atoms with Crippen molar-refractivity contribution in [1.82, 2.24) is 18.6 Å². The Labute approximate surface area is 459 Å². The van der Waals surface area contributed by atoms with Gasteiger partial charge in [0.1, 0.15) is 9.79 Å². The molecule has 23 heteroatoms. The molecule has 2 aliphatic heterocycles. The summed E-state index contributed by atoms with van der Waals surface area (Å²) in [5.41, 5.74) is 6.75. The molecule has 0 bridgehead atoms. The van der Waals surface area contributed by atoms with Gasteiger partial charge in [0, 0.05) is 159 Å². The molecule has 0 saturated carbocycles. The van der Waals surface area contributed by atoms with Crippen LogP contribution in [-0.2, 0) is 29.6 Å². The average Bonchev–Trinajstić information content (AvgIpc) is 3.43. The van der Waals surface area contributed by atoms with Gasteiger partial charge < -0.3 is 34.9 Å². The van der Waals surface area contributed by atoms with Crippen LogP contribution in [0.3, 0.4) is 0 Å². The molecule has 17 nitrogen and oxygen atoms in total. The normalized spacial score (nSPS) is 13.9. The van der Waals surface area contributed by atoms with Gasteiger partial charge in [-0.2, -0.15) is 0 Å². The second-order valence-corrected chi connectivity index (χ2v) is 22.9. The molecule has 8 rings (SSSR count). The lowest BCUT2D eigenvalue weighted by atomic mass is 10.2. The number of halogens is 4. The first-order chi connectivity index (χ1) is 35.8. The summed E-state index contributed by atoms with van der Waals surface area (Å²) in [7, 11) is -1.38. The Bertz CT molecular complexity index is 3050. The molecule has 0 spiro atoms. The van der Waals surface area contributed by atoms with E-state index in [1.54, 1.807) is 7.05 Å². The number of nitrogens with one attached hydrogen (secondary N) is 1. The molecule has 2 saturated heterocycles. The van der Waals surface area contributed by atoms with E-state index in [0.29, 0.717) is 0 Å². The molecule has 2 N–H and O–H groups in total. The van der Waals surface area contributed by atoms with Gasteiger partial charge in [-0.15, -0.1) is 0 Å². The third-order valence-corrected chi connectivity index (χ3v) is 18.3. The van der Waals surface area contributed by atoms with Gasteiger partial charge >= 0.3 is 5.97 Å². The quantitative estimate of drug-likeness (QED) is 0.0937. The number of piperazine rings is 2. The number of amides is 1. The first kappa shape index (κ1) is 58.4. The summed E-state index contributed by atoms with van der Waals surface area (Å²) in [5, 5.41) is 11.9. The number of sulfonamides is 2. The summed E-state index contributed by atoms with van der Waals surface area (Å²) in [6.07, 6.45) is 7.07. The van der Waals surface area contributed by atoms with E-state index in [2.05, 4.69) is 71.3 Å². The highest BCUT2D eigenvalue weighted by atomic mass is 35.5. The van der Waals surface area contributed by atoms with Crippen LogP contribution in [0.25, 0.3) is 0 Å². The first-order valence-corrected chi connectivity index (χ1v) is 28.2. The molecule has 400 valence electrons. The summed E-state index contributed by atoms with van der Waals surface area (Å²) in [5.74, 6) is -1.27. The van der Waals surface area contributed by atoms with E-state index < -0.39 is 26.0 Å². The number of aliphatic carboxylic acids is 1. The number of carbonyl (C=O) groups excluding carboxylic acids is 1. The number of carboxylic acids is 1. The molecule has 2 fully saturated rings. The number of aromatic nitrogens is 2. The van der Waals surface area contributed by atoms with Crippen LogP contribution in [0.15, 0.2) is 144 Å². The topological polar surface area (TPSA) is 183 Å². The van der Waals surface area contributed by atoms with Crippen molar-refractivity contribution in [2.24, 2.45) is 0 Å². The Hall–Kier alpha value is -5.90. The molecule has 4 heterocycles. The number of hydrogen-bond donors (Lipinski definition) is 2. The van der Waals surface area contributed by atoms with Gasteiger partial charge in [0.2, 0.25) is 26.0 Å². The number of carboxylic acid groups (broad SMARTS) is 1. The van der Waals surface area contributed by atoms with Crippen LogP contribution in [-0.4, -0.2) is 146 Å². The Morgan fingerprint density at radius 3 is 1.24 bits per heavy atom. The molecule has 1 amide bonds. The predicted octanol–water partition coefficient (Wildman–Crippen LogP) is 8.93. The van der Waals surface area contributed by atoms with E-state index in [9.17, 15) is 26.4 Å². The van der Waals surface area contributed by atoms with Crippen molar-refractivity contribution in [2.75, 3.05) is 123 Å². The summed E-state index contributed by atoms with van der Waals surface area (Å²) in [4.78, 5) is 42.3. The number of hydrogen-bond acceptors (Lipinski definition) is 13. The maximum atomic E-state index is 12.9. The zero-order chi connectivity index (χ0) is 54.3. The fraction of sp³-hybridized carbons (Fsp3) is 0.308. The molecular formula is C52H60Cl4N10O7S2. The number of nitrogens with zero attached hydrogens (tertiary/aromatic N) is 9. The SMILES string of the molecule is CN(C(=O)CCN(C)S(=O)(=O)c1cccc(Cl)c1Cl)c1ccc(N2CCN(c3ccncc3)CC2)cc1.CN(CCC(=O)O)S(=O)(=O)c1cccc(Cl)c1Cl.CNc1ccc(N2CCN(c3ccncc3)CC2)cc1. The highest BCUT2D eigenvalue weighted by molar-refractivity contribution is 7.89. The van der Waals surface area contributed by atoms with Crippen LogP contribution < -0.4 is 29.8 Å². The minimum atomic E-state index is -3.88. The van der Waals surface area contributed by atoms with Crippen molar-refractivity contribution in [1.29, 1.82) is 0 Å². The highest BCUT2D eigenvalue weighted by Gasteiger charge is 2.27. The van der Waals surface area contributed by atoms with Gasteiger partial charge in [-0.25, -0.2) is 25.4 Å². The standard InChI is InChI=1S/C26H29Cl2N5O3S.C16H20N4.C10H11Cl2NO4S/c1-30(37(35,36)24-5-3-4-23(27)26(24)28)15-12-25(34)31(2)20-6-8-21(9-7-20)32-16-18-33(19-17-32)22-10-13-29-14-11-22;1-17-14-2-4-15(5-3-14)19-10-12-20(13-11-19)16-6-8-18-9-7-16;1-13(6-5-9(14)15)18(16,17)8-4-2-3-7(11)10(8)12/h3-11,13-14H,12,15-19H2,1-2H3;2-9,17H,10-13H2,1H3;2-4H,5-6H2,1H3,(H,14,15). The largest absolute Gasteiger partial charge is 0.481 e. The number of anilines is 6. The molecule has 0 radical (unpaired) electrons. The monoisotopic (exact) mass is 1140 g/mol. The van der Waals surface area contributed by atoms with Crippen molar-refractivity contribution in [2.45, 2.75) is 22.6 Å². The Morgan fingerprint density at radius 2 is 0.880 bits per heavy atom. The molecule has 0 unspecified atom stereocenters. The fourth-order valence-electron chi connectivity index (χ4n) is 8.04. The minimum Gasteiger partial charge on any atom is -0.481 e. The second-order valence-electron chi connectivity index (χ2n) is 17.3. The summed E-state index contributed by atoms with van der Waals surface area (Å²) in [6.45, 7) is 7.72. The number of pyridine rings is 2. The lowest BCUT2D eigenvalue weighted by Crippen LogP contribution is -2.46. The molecule has 0 aliphatic carbocycles. The molecule has 2 aliphatic rings. The maximum Gasteiger partial charge on any atom is 0.304 e. The van der Waals surface area contributed by atoms with E-state index >= 15 is 0 Å². The molecule has 75 heavy (non-hydrogen) atoms. The van der Waals surface area contributed by atoms with Crippen molar-refractivity contribution in [3.63, 3.8) is 0 Å². The Kier molecular flexibility index (Phi) is 21.2. The third kappa shape index (κ3) is 15.6. The van der Waals surface area contributed by atoms with Crippen LogP contribution in [0.2, 0.25) is 20.1 Å². The van der Waals surface area contributed by atoms with Gasteiger partial charge in [0.25, 0.3) is 0 Å². The van der Waals surface area contributed by atoms with E-state index in [-0.39, 0.29) is 61.7 Å². The van der Waals surface area contributed by atoms with Crippen molar-refractivity contribution < 1.29 is 31.5 Å². The molecule has 6 aromatic rings. The highest BCUT2D eigenvalue weighted by Crippen LogP contribution is 2.32. The summed E-state index contributed by atoms with van der Waals surface area (Å²) < 4.78 is 52.0. The van der Waals surface area contributed by atoms with E-state index in [1.807, 2.05) is 68.2 Å². The zero-order valence-electron chi connectivity index (χ0n) is 41.9. The van der Waals surface area contributed by atoms with Crippen LogP contribution in [0.1, 0.15) is 12.8 Å². The molecule has 0 atom stereocenters. The number of benzene rings is 4. The number of carbonyl (C=O) groups is 2. The first-order valence-electron chi connectivity index (χ1n) is 23.8. The average molecular weight is 1140 g/mol. The van der Waals surface area contributed by atoms with Crippen molar-refractivity contribution >= 4 is 112 Å². The zero-order valence-corrected chi connectivity index (χ0v) is 46.6. The Balaban J connectivity index is 0.000000202. The van der Waals surface area contributed by atoms with Crippen LogP contribution in [0.4, 0.5) is 34.1 Å². The van der Waals surface area contributed by atoms with Gasteiger partial charge in [0.05, 0.1) is 26.5 Å². The summed E-state index contributed by atoms with van der Waals surface area (Å²) in [6, 6.07) is 33.4.